The molecule has 0 bridgehead atoms. The van der Waals surface area contributed by atoms with E-state index >= 15 is 0 Å². The molecule has 7 heteroatoms. The zero-order valence-corrected chi connectivity index (χ0v) is 12.5. The zero-order chi connectivity index (χ0) is 17.2. The average Bonchev–Trinajstić information content (AvgIpc) is 3.27. The van der Waals surface area contributed by atoms with Crippen LogP contribution < -0.4 is 0 Å². The van der Waals surface area contributed by atoms with Crippen LogP contribution in [0.1, 0.15) is 11.5 Å². The third-order valence-corrected chi connectivity index (χ3v) is 2.60. The normalized spacial score (nSPS) is 11.0. The predicted octanol–water partition coefficient (Wildman–Crippen LogP) is 2.25. The van der Waals surface area contributed by atoms with Gasteiger partial charge in [-0.1, -0.05) is 0 Å². The molecule has 0 aliphatic rings. The number of Topliss-reactive ketones (excluding diaryl/α,β-unsaturated/α-hetero) is 1. The molecule has 0 unspecified atom stereocenters. The molecule has 0 saturated carbocycles. The maximum Gasteiger partial charge on any atom is 0.331 e. The molecule has 0 aromatic carbocycles. The molecule has 0 saturated heterocycles. The zero-order valence-electron chi connectivity index (χ0n) is 12.5. The Bertz CT molecular complexity index is 659. The lowest BCUT2D eigenvalue weighted by molar-refractivity contribution is -0.148. The first kappa shape index (κ1) is 17.0. The van der Waals surface area contributed by atoms with Gasteiger partial charge in [-0.2, -0.15) is 0 Å². The van der Waals surface area contributed by atoms with Gasteiger partial charge in [0, 0.05) is 12.2 Å². The van der Waals surface area contributed by atoms with Gasteiger partial charge in [0.05, 0.1) is 12.5 Å². The van der Waals surface area contributed by atoms with Crippen LogP contribution in [0.5, 0.6) is 0 Å². The van der Waals surface area contributed by atoms with E-state index in [9.17, 15) is 14.4 Å². The quantitative estimate of drug-likeness (QED) is 0.541. The van der Waals surface area contributed by atoms with Crippen LogP contribution in [0.3, 0.4) is 0 Å². The Morgan fingerprint density at radius 1 is 0.833 bits per heavy atom. The molecule has 2 rings (SSSR count). The second kappa shape index (κ2) is 8.94. The molecule has 2 heterocycles. The molecule has 0 aliphatic carbocycles. The summed E-state index contributed by atoms with van der Waals surface area (Å²) in [6.45, 7) is -0.979. The highest BCUT2D eigenvalue weighted by Gasteiger charge is 2.08. The van der Waals surface area contributed by atoms with E-state index in [0.717, 1.165) is 12.2 Å². The number of rotatable bonds is 8. The van der Waals surface area contributed by atoms with Gasteiger partial charge in [0.1, 0.15) is 11.5 Å². The van der Waals surface area contributed by atoms with Crippen molar-refractivity contribution in [3.63, 3.8) is 0 Å². The van der Waals surface area contributed by atoms with Gasteiger partial charge >= 0.3 is 11.9 Å². The molecule has 0 spiro atoms. The minimum absolute atomic E-state index is 0.482. The number of esters is 2. The van der Waals surface area contributed by atoms with Crippen LogP contribution in [0.25, 0.3) is 12.2 Å². The minimum Gasteiger partial charge on any atom is -0.465 e. The fourth-order valence-electron chi connectivity index (χ4n) is 1.51. The van der Waals surface area contributed by atoms with Crippen molar-refractivity contribution in [2.75, 3.05) is 13.2 Å². The van der Waals surface area contributed by atoms with Crippen molar-refractivity contribution in [3.8, 4) is 0 Å². The standard InChI is InChI=1S/C17H14O7/c18-13(11-23-16(19)7-5-14-3-1-9-21-14)12-24-17(20)8-6-15-4-2-10-22-15/h1-10H,11-12H2. The summed E-state index contributed by atoms with van der Waals surface area (Å²) in [4.78, 5) is 34.2. The number of hydrogen-bond donors (Lipinski definition) is 0. The average molecular weight is 330 g/mol. The van der Waals surface area contributed by atoms with Gasteiger partial charge < -0.3 is 18.3 Å². The van der Waals surface area contributed by atoms with E-state index in [4.69, 9.17) is 18.3 Å². The fraction of sp³-hybridized carbons (Fsp3) is 0.118. The summed E-state index contributed by atoms with van der Waals surface area (Å²) in [6.07, 6.45) is 8.00. The number of ketones is 1. The van der Waals surface area contributed by atoms with Crippen molar-refractivity contribution in [1.29, 1.82) is 0 Å². The number of ether oxygens (including phenoxy) is 2. The summed E-state index contributed by atoms with van der Waals surface area (Å²) in [7, 11) is 0. The van der Waals surface area contributed by atoms with Crippen LogP contribution in [0.2, 0.25) is 0 Å². The summed E-state index contributed by atoms with van der Waals surface area (Å²) in [5.74, 6) is -0.992. The topological polar surface area (TPSA) is 96.0 Å². The maximum absolute atomic E-state index is 11.5. The number of hydrogen-bond acceptors (Lipinski definition) is 7. The summed E-state index contributed by atoms with van der Waals surface area (Å²) < 4.78 is 19.4. The van der Waals surface area contributed by atoms with Crippen LogP contribution in [0.15, 0.2) is 57.8 Å². The number of carbonyl (C=O) groups is 3. The third kappa shape index (κ3) is 6.18. The summed E-state index contributed by atoms with van der Waals surface area (Å²) in [6, 6.07) is 6.65. The number of furan rings is 2. The van der Waals surface area contributed by atoms with E-state index in [1.54, 1.807) is 24.3 Å². The molecule has 0 fully saturated rings. The van der Waals surface area contributed by atoms with E-state index in [2.05, 4.69) is 0 Å². The fourth-order valence-corrected chi connectivity index (χ4v) is 1.51. The molecule has 0 N–H and O–H groups in total. The third-order valence-electron chi connectivity index (χ3n) is 2.60. The minimum atomic E-state index is -0.705. The molecule has 0 atom stereocenters. The monoisotopic (exact) mass is 330 g/mol. The Kier molecular flexibility index (Phi) is 6.34. The van der Waals surface area contributed by atoms with Gasteiger partial charge in [0.15, 0.2) is 13.2 Å². The highest BCUT2D eigenvalue weighted by molar-refractivity contribution is 5.91. The van der Waals surface area contributed by atoms with E-state index < -0.39 is 30.9 Å². The second-order valence-electron chi connectivity index (χ2n) is 4.45. The Morgan fingerprint density at radius 2 is 1.29 bits per heavy atom. The van der Waals surface area contributed by atoms with Crippen LogP contribution in [0, 0.1) is 0 Å². The van der Waals surface area contributed by atoms with Crippen molar-refractivity contribution >= 4 is 29.9 Å². The Balaban J connectivity index is 1.64. The molecular weight excluding hydrogens is 316 g/mol. The summed E-state index contributed by atoms with van der Waals surface area (Å²) in [5, 5.41) is 0. The van der Waals surface area contributed by atoms with Crippen LogP contribution in [0.4, 0.5) is 0 Å². The van der Waals surface area contributed by atoms with Gasteiger partial charge in [-0.25, -0.2) is 9.59 Å². The molecule has 7 nitrogen and oxygen atoms in total. The smallest absolute Gasteiger partial charge is 0.331 e. The first-order valence-electron chi connectivity index (χ1n) is 6.92. The lowest BCUT2D eigenvalue weighted by Gasteiger charge is -2.02. The second-order valence-corrected chi connectivity index (χ2v) is 4.45. The lowest BCUT2D eigenvalue weighted by Crippen LogP contribution is -2.19. The SMILES string of the molecule is O=C(COC(=O)C=Cc1ccco1)COC(=O)C=Cc1ccco1. The number of carbonyl (C=O) groups excluding carboxylic acids is 3. The van der Waals surface area contributed by atoms with Crippen LogP contribution in [-0.4, -0.2) is 30.9 Å². The summed E-state index contributed by atoms with van der Waals surface area (Å²) in [5.41, 5.74) is 0. The van der Waals surface area contributed by atoms with Gasteiger partial charge in [-0.05, 0) is 36.4 Å². The van der Waals surface area contributed by atoms with Crippen molar-refractivity contribution in [3.05, 3.63) is 60.5 Å². The van der Waals surface area contributed by atoms with E-state index in [1.807, 2.05) is 0 Å². The molecule has 124 valence electrons. The van der Waals surface area contributed by atoms with Gasteiger partial charge in [-0.15, -0.1) is 0 Å². The van der Waals surface area contributed by atoms with Crippen molar-refractivity contribution in [2.24, 2.45) is 0 Å². The van der Waals surface area contributed by atoms with Gasteiger partial charge in [0.25, 0.3) is 0 Å². The highest BCUT2D eigenvalue weighted by Crippen LogP contribution is 2.03. The van der Waals surface area contributed by atoms with Gasteiger partial charge in [-0.3, -0.25) is 4.79 Å². The predicted molar refractivity (Wildman–Crippen MR) is 82.4 cm³/mol. The first-order chi connectivity index (χ1) is 11.6. The van der Waals surface area contributed by atoms with Gasteiger partial charge in [0.2, 0.25) is 5.78 Å². The Labute approximate surface area is 137 Å². The summed E-state index contributed by atoms with van der Waals surface area (Å²) >= 11 is 0. The molecule has 0 aliphatic heterocycles. The molecule has 24 heavy (non-hydrogen) atoms. The van der Waals surface area contributed by atoms with Crippen molar-refractivity contribution in [1.82, 2.24) is 0 Å². The van der Waals surface area contributed by atoms with E-state index in [1.165, 1.54) is 24.7 Å². The first-order valence-corrected chi connectivity index (χ1v) is 6.92. The van der Waals surface area contributed by atoms with Crippen LogP contribution >= 0.6 is 0 Å². The van der Waals surface area contributed by atoms with Crippen molar-refractivity contribution in [2.45, 2.75) is 0 Å². The molecule has 0 amide bonds. The largest absolute Gasteiger partial charge is 0.465 e. The van der Waals surface area contributed by atoms with E-state index in [-0.39, 0.29) is 0 Å². The molecule has 2 aromatic rings. The highest BCUT2D eigenvalue weighted by atomic mass is 16.6. The van der Waals surface area contributed by atoms with Crippen molar-refractivity contribution < 1.29 is 32.7 Å². The molecular formula is C17H14O7. The lowest BCUT2D eigenvalue weighted by atomic mass is 10.4. The molecule has 0 radical (unpaired) electrons. The van der Waals surface area contributed by atoms with E-state index in [0.29, 0.717) is 11.5 Å². The molecule has 2 aromatic heterocycles. The maximum atomic E-state index is 11.5. The Hall–Kier alpha value is -3.35. The Morgan fingerprint density at radius 3 is 1.67 bits per heavy atom. The van der Waals surface area contributed by atoms with Crippen LogP contribution in [-0.2, 0) is 23.9 Å².